The number of nitrogens with one attached hydrogen (secondary N) is 2. The van der Waals surface area contributed by atoms with Crippen molar-refractivity contribution in [1.29, 1.82) is 0 Å². The molecule has 1 aliphatic heterocycles. The topological polar surface area (TPSA) is 87.7 Å². The van der Waals surface area contributed by atoms with Crippen molar-refractivity contribution in [2.24, 2.45) is 5.92 Å². The maximum absolute atomic E-state index is 12.8. The smallest absolute Gasteiger partial charge is 0.406 e. The molecule has 2 N–H and O–H groups in total. The predicted octanol–water partition coefficient (Wildman–Crippen LogP) is 3.02. The van der Waals surface area contributed by atoms with Crippen LogP contribution in [0.5, 0.6) is 5.75 Å². The second-order valence-electron chi connectivity index (χ2n) is 7.06. The van der Waals surface area contributed by atoms with Crippen LogP contribution in [0.1, 0.15) is 32.6 Å². The lowest BCUT2D eigenvalue weighted by atomic mass is 9.73. The zero-order chi connectivity index (χ0) is 20.5. The van der Waals surface area contributed by atoms with Gasteiger partial charge >= 0.3 is 12.4 Å². The lowest BCUT2D eigenvalue weighted by Crippen LogP contribution is -2.54. The first-order chi connectivity index (χ1) is 13.1. The Morgan fingerprint density at radius 3 is 2.57 bits per heavy atom. The van der Waals surface area contributed by atoms with Crippen LogP contribution in [0.15, 0.2) is 24.3 Å². The molecule has 1 aromatic rings. The van der Waals surface area contributed by atoms with E-state index in [1.807, 2.05) is 6.92 Å². The van der Waals surface area contributed by atoms with E-state index in [4.69, 9.17) is 0 Å². The quantitative estimate of drug-likeness (QED) is 0.762. The zero-order valence-corrected chi connectivity index (χ0v) is 15.1. The van der Waals surface area contributed by atoms with Crippen molar-refractivity contribution in [3.63, 3.8) is 0 Å². The Labute approximate surface area is 159 Å². The van der Waals surface area contributed by atoms with Gasteiger partial charge in [-0.2, -0.15) is 0 Å². The van der Waals surface area contributed by atoms with E-state index in [0.29, 0.717) is 6.42 Å². The van der Waals surface area contributed by atoms with Crippen LogP contribution in [0, 0.1) is 5.92 Å². The predicted molar refractivity (Wildman–Crippen MR) is 92.4 cm³/mol. The van der Waals surface area contributed by atoms with E-state index >= 15 is 0 Å². The minimum absolute atomic E-state index is 0.0214. The van der Waals surface area contributed by atoms with Crippen molar-refractivity contribution in [2.45, 2.75) is 44.5 Å². The summed E-state index contributed by atoms with van der Waals surface area (Å²) < 4.78 is 40.2. The number of hydrogen-bond acceptors (Lipinski definition) is 4. The molecule has 0 bridgehead atoms. The summed E-state index contributed by atoms with van der Waals surface area (Å²) in [4.78, 5) is 38.2. The Balaban J connectivity index is 1.62. The number of carbonyl (C=O) groups excluding carboxylic acids is 3. The van der Waals surface area contributed by atoms with E-state index in [2.05, 4.69) is 15.4 Å². The van der Waals surface area contributed by atoms with Crippen molar-refractivity contribution < 1.29 is 32.3 Å². The molecule has 1 saturated carbocycles. The number of amides is 4. The number of benzene rings is 1. The second kappa shape index (κ2) is 7.33. The van der Waals surface area contributed by atoms with Crippen LogP contribution in [0.25, 0.3) is 0 Å². The fourth-order valence-electron chi connectivity index (χ4n) is 3.72. The molecule has 152 valence electrons. The van der Waals surface area contributed by atoms with E-state index < -0.39 is 42.0 Å². The first-order valence-electron chi connectivity index (χ1n) is 8.90. The Kier molecular flexibility index (Phi) is 5.22. The molecule has 2 aliphatic rings. The zero-order valence-electron chi connectivity index (χ0n) is 15.1. The van der Waals surface area contributed by atoms with Crippen molar-refractivity contribution >= 4 is 23.5 Å². The van der Waals surface area contributed by atoms with Gasteiger partial charge in [-0.15, -0.1) is 13.2 Å². The molecule has 28 heavy (non-hydrogen) atoms. The van der Waals surface area contributed by atoms with Crippen molar-refractivity contribution in [1.82, 2.24) is 10.2 Å². The van der Waals surface area contributed by atoms with Crippen LogP contribution in [0.3, 0.4) is 0 Å². The van der Waals surface area contributed by atoms with Gasteiger partial charge in [0.2, 0.25) is 5.91 Å². The number of anilines is 1. The molecule has 2 fully saturated rings. The molecule has 2 atom stereocenters. The molecular formula is C18H20F3N3O4. The lowest BCUT2D eigenvalue weighted by molar-refractivity contribution is -0.274. The van der Waals surface area contributed by atoms with Gasteiger partial charge in [-0.25, -0.2) is 4.79 Å². The number of urea groups is 1. The van der Waals surface area contributed by atoms with Gasteiger partial charge in [0, 0.05) is 5.69 Å². The van der Waals surface area contributed by atoms with Crippen LogP contribution >= 0.6 is 0 Å². The van der Waals surface area contributed by atoms with Crippen LogP contribution in [-0.4, -0.2) is 41.2 Å². The van der Waals surface area contributed by atoms with Gasteiger partial charge in [-0.1, -0.05) is 19.8 Å². The molecule has 3 rings (SSSR count). The van der Waals surface area contributed by atoms with Gasteiger partial charge in [0.15, 0.2) is 0 Å². The number of alkyl halides is 3. The van der Waals surface area contributed by atoms with Gasteiger partial charge in [0.1, 0.15) is 17.8 Å². The summed E-state index contributed by atoms with van der Waals surface area (Å²) >= 11 is 0. The van der Waals surface area contributed by atoms with Gasteiger partial charge in [-0.3, -0.25) is 14.5 Å². The molecule has 0 unspecified atom stereocenters. The number of rotatable bonds is 4. The Morgan fingerprint density at radius 1 is 1.29 bits per heavy atom. The first kappa shape index (κ1) is 20.0. The molecule has 10 heteroatoms. The summed E-state index contributed by atoms with van der Waals surface area (Å²) in [7, 11) is 0. The van der Waals surface area contributed by atoms with E-state index in [0.717, 1.165) is 36.3 Å². The summed E-state index contributed by atoms with van der Waals surface area (Å²) in [5, 5.41) is 5.20. The number of carbonyl (C=O) groups is 3. The normalized spacial score (nSPS) is 25.0. The van der Waals surface area contributed by atoms with Gasteiger partial charge in [0.25, 0.3) is 5.91 Å². The minimum Gasteiger partial charge on any atom is -0.406 e. The SMILES string of the molecule is C[C@H]1CCCC[C@]12NC(=O)N(CC(=O)Nc1ccc(OC(F)(F)F)cc1)C2=O. The molecule has 1 heterocycles. The average molecular weight is 399 g/mol. The van der Waals surface area contributed by atoms with E-state index in [9.17, 15) is 27.6 Å². The average Bonchev–Trinajstić information content (AvgIpc) is 2.83. The van der Waals surface area contributed by atoms with Crippen molar-refractivity contribution in [2.75, 3.05) is 11.9 Å². The largest absolute Gasteiger partial charge is 0.573 e. The van der Waals surface area contributed by atoms with Crippen LogP contribution < -0.4 is 15.4 Å². The highest BCUT2D eigenvalue weighted by molar-refractivity contribution is 6.10. The number of hydrogen-bond donors (Lipinski definition) is 2. The summed E-state index contributed by atoms with van der Waals surface area (Å²) in [6.45, 7) is 1.44. The molecule has 0 aromatic heterocycles. The van der Waals surface area contributed by atoms with Crippen molar-refractivity contribution in [3.8, 4) is 5.75 Å². The van der Waals surface area contributed by atoms with Crippen LogP contribution in [-0.2, 0) is 9.59 Å². The summed E-state index contributed by atoms with van der Waals surface area (Å²) in [6, 6.07) is 3.96. The number of ether oxygens (including phenoxy) is 1. The molecule has 1 aromatic carbocycles. The second-order valence-corrected chi connectivity index (χ2v) is 7.06. The number of imide groups is 1. The molecule has 4 amide bonds. The number of nitrogens with zero attached hydrogens (tertiary/aromatic N) is 1. The van der Waals surface area contributed by atoms with E-state index in [1.165, 1.54) is 12.1 Å². The molecule has 1 spiro atoms. The van der Waals surface area contributed by atoms with E-state index in [-0.39, 0.29) is 11.6 Å². The fourth-order valence-corrected chi connectivity index (χ4v) is 3.72. The standard InChI is InChI=1S/C18H20F3N3O4/c1-11-4-2-3-9-17(11)15(26)24(16(27)23-17)10-14(25)22-12-5-7-13(8-6-12)28-18(19,20)21/h5-8,11H,2-4,9-10H2,1H3,(H,22,25)(H,23,27)/t11-,17-/m0/s1. The highest BCUT2D eigenvalue weighted by atomic mass is 19.4. The summed E-state index contributed by atoms with van der Waals surface area (Å²) in [5.74, 6) is -1.48. The Hall–Kier alpha value is -2.78. The minimum atomic E-state index is -4.81. The number of halogens is 3. The molecule has 7 nitrogen and oxygen atoms in total. The third kappa shape index (κ3) is 4.05. The third-order valence-corrected chi connectivity index (χ3v) is 5.17. The Bertz CT molecular complexity index is 781. The fraction of sp³-hybridized carbons (Fsp3) is 0.500. The molecular weight excluding hydrogens is 379 g/mol. The molecule has 0 radical (unpaired) electrons. The van der Waals surface area contributed by atoms with Crippen molar-refractivity contribution in [3.05, 3.63) is 24.3 Å². The molecule has 1 saturated heterocycles. The third-order valence-electron chi connectivity index (χ3n) is 5.17. The maximum atomic E-state index is 12.8. The maximum Gasteiger partial charge on any atom is 0.573 e. The van der Waals surface area contributed by atoms with Gasteiger partial charge in [0.05, 0.1) is 0 Å². The summed E-state index contributed by atoms with van der Waals surface area (Å²) in [6.07, 6.45) is -1.64. The van der Waals surface area contributed by atoms with Crippen LogP contribution in [0.4, 0.5) is 23.7 Å². The first-order valence-corrected chi connectivity index (χ1v) is 8.90. The summed E-state index contributed by atoms with van der Waals surface area (Å²) in [5.41, 5.74) is -0.737. The highest BCUT2D eigenvalue weighted by Gasteiger charge is 2.55. The van der Waals surface area contributed by atoms with Gasteiger partial charge < -0.3 is 15.4 Å². The van der Waals surface area contributed by atoms with E-state index in [1.54, 1.807) is 0 Å². The lowest BCUT2D eigenvalue weighted by Gasteiger charge is -2.36. The monoisotopic (exact) mass is 399 g/mol. The Morgan fingerprint density at radius 2 is 1.96 bits per heavy atom. The highest BCUT2D eigenvalue weighted by Crippen LogP contribution is 2.38. The van der Waals surface area contributed by atoms with Crippen LogP contribution in [0.2, 0.25) is 0 Å². The molecule has 1 aliphatic carbocycles. The van der Waals surface area contributed by atoms with Gasteiger partial charge in [-0.05, 0) is 43.0 Å².